The lowest BCUT2D eigenvalue weighted by atomic mass is 10.2. The molecular weight excluding hydrogens is 298 g/mol. The Labute approximate surface area is 131 Å². The monoisotopic (exact) mass is 319 g/mol. The average Bonchev–Trinajstić information content (AvgIpc) is 3.16. The first-order valence-corrected chi connectivity index (χ1v) is 9.51. The summed E-state index contributed by atoms with van der Waals surface area (Å²) in [5, 5.41) is 7.36. The normalized spacial score (nSPS) is 22.0. The van der Waals surface area contributed by atoms with Crippen LogP contribution in [0.4, 0.5) is 0 Å². The number of hydrogen-bond donors (Lipinski definition) is 1. The standard InChI is InChI=1S/C16H21N3O2S/c1-22(20,21)16-5-2-4-15(16)17-12-13-6-8-14(9-7-13)19-11-3-10-18-19/h3,6-11,15-17H,2,4-5,12H2,1H3/t15-,16+/m1/s1. The number of sulfone groups is 1. The molecule has 0 saturated heterocycles. The van der Waals surface area contributed by atoms with Crippen molar-refractivity contribution in [3.05, 3.63) is 48.3 Å². The molecule has 1 heterocycles. The highest BCUT2D eigenvalue weighted by atomic mass is 32.2. The van der Waals surface area contributed by atoms with Crippen molar-refractivity contribution in [3.8, 4) is 5.69 Å². The molecule has 22 heavy (non-hydrogen) atoms. The van der Waals surface area contributed by atoms with E-state index >= 15 is 0 Å². The quantitative estimate of drug-likeness (QED) is 0.914. The number of hydrogen-bond acceptors (Lipinski definition) is 4. The van der Waals surface area contributed by atoms with Gasteiger partial charge in [0.25, 0.3) is 0 Å². The highest BCUT2D eigenvalue weighted by Crippen LogP contribution is 2.25. The highest BCUT2D eigenvalue weighted by molar-refractivity contribution is 7.91. The molecule has 5 nitrogen and oxygen atoms in total. The van der Waals surface area contributed by atoms with E-state index in [2.05, 4.69) is 22.5 Å². The largest absolute Gasteiger partial charge is 0.309 e. The molecular formula is C16H21N3O2S. The number of benzene rings is 1. The van der Waals surface area contributed by atoms with E-state index in [1.807, 2.05) is 29.1 Å². The molecule has 3 rings (SSSR count). The zero-order chi connectivity index (χ0) is 15.6. The van der Waals surface area contributed by atoms with E-state index in [4.69, 9.17) is 0 Å². The second kappa shape index (κ2) is 6.22. The summed E-state index contributed by atoms with van der Waals surface area (Å²) < 4.78 is 25.4. The molecule has 1 aromatic carbocycles. The van der Waals surface area contributed by atoms with Gasteiger partial charge in [-0.3, -0.25) is 0 Å². The van der Waals surface area contributed by atoms with Crippen LogP contribution in [-0.2, 0) is 16.4 Å². The van der Waals surface area contributed by atoms with Gasteiger partial charge in [-0.15, -0.1) is 0 Å². The van der Waals surface area contributed by atoms with Crippen LogP contribution in [0.3, 0.4) is 0 Å². The van der Waals surface area contributed by atoms with Crippen molar-refractivity contribution in [3.63, 3.8) is 0 Å². The van der Waals surface area contributed by atoms with Gasteiger partial charge in [0.05, 0.1) is 10.9 Å². The number of aromatic nitrogens is 2. The third kappa shape index (κ3) is 3.39. The maximum atomic E-state index is 11.8. The first kappa shape index (κ1) is 15.2. The Morgan fingerprint density at radius 2 is 2.05 bits per heavy atom. The van der Waals surface area contributed by atoms with Crippen LogP contribution < -0.4 is 5.32 Å². The van der Waals surface area contributed by atoms with Crippen molar-refractivity contribution in [2.24, 2.45) is 0 Å². The lowest BCUT2D eigenvalue weighted by Gasteiger charge is -2.19. The van der Waals surface area contributed by atoms with Gasteiger partial charge in [0.15, 0.2) is 9.84 Å². The molecule has 6 heteroatoms. The minimum atomic E-state index is -2.97. The molecule has 0 spiro atoms. The minimum absolute atomic E-state index is 0.0702. The predicted octanol–water partition coefficient (Wildman–Crippen LogP) is 1.93. The summed E-state index contributed by atoms with van der Waals surface area (Å²) in [6, 6.07) is 10.1. The van der Waals surface area contributed by atoms with E-state index in [1.54, 1.807) is 6.20 Å². The molecule has 2 atom stereocenters. The molecule has 1 saturated carbocycles. The number of rotatable bonds is 5. The maximum Gasteiger partial charge on any atom is 0.151 e. The summed E-state index contributed by atoms with van der Waals surface area (Å²) in [5.41, 5.74) is 2.17. The van der Waals surface area contributed by atoms with Crippen molar-refractivity contribution in [1.29, 1.82) is 0 Å². The van der Waals surface area contributed by atoms with Gasteiger partial charge in [0, 0.05) is 31.2 Å². The fourth-order valence-corrected chi connectivity index (χ4v) is 4.53. The third-order valence-corrected chi connectivity index (χ3v) is 5.94. The Morgan fingerprint density at radius 3 is 2.68 bits per heavy atom. The summed E-state index contributed by atoms with van der Waals surface area (Å²) in [7, 11) is -2.97. The lowest BCUT2D eigenvalue weighted by Crippen LogP contribution is -2.39. The second-order valence-electron chi connectivity index (χ2n) is 5.90. The molecule has 0 amide bonds. The molecule has 1 aliphatic rings. The maximum absolute atomic E-state index is 11.8. The lowest BCUT2D eigenvalue weighted by molar-refractivity contribution is 0.507. The molecule has 1 fully saturated rings. The van der Waals surface area contributed by atoms with Gasteiger partial charge >= 0.3 is 0 Å². The Hall–Kier alpha value is -1.66. The molecule has 0 radical (unpaired) electrons. The molecule has 0 aliphatic heterocycles. The van der Waals surface area contributed by atoms with Crippen molar-refractivity contribution < 1.29 is 8.42 Å². The van der Waals surface area contributed by atoms with Gasteiger partial charge in [0.2, 0.25) is 0 Å². The van der Waals surface area contributed by atoms with Crippen LogP contribution in [0.2, 0.25) is 0 Å². The summed E-state index contributed by atoms with van der Waals surface area (Å²) in [6.45, 7) is 0.691. The molecule has 2 aromatic rings. The summed E-state index contributed by atoms with van der Waals surface area (Å²) >= 11 is 0. The first-order chi connectivity index (χ1) is 10.5. The zero-order valence-corrected chi connectivity index (χ0v) is 13.5. The van der Waals surface area contributed by atoms with Gasteiger partial charge in [-0.1, -0.05) is 18.6 Å². The number of nitrogens with one attached hydrogen (secondary N) is 1. The first-order valence-electron chi connectivity index (χ1n) is 7.55. The van der Waals surface area contributed by atoms with Gasteiger partial charge in [-0.25, -0.2) is 13.1 Å². The van der Waals surface area contributed by atoms with Crippen LogP contribution in [0.5, 0.6) is 0 Å². The summed E-state index contributed by atoms with van der Waals surface area (Å²) in [6.07, 6.45) is 7.69. The number of nitrogens with zero attached hydrogens (tertiary/aromatic N) is 2. The molecule has 1 aromatic heterocycles. The molecule has 1 aliphatic carbocycles. The van der Waals surface area contributed by atoms with Crippen molar-refractivity contribution in [2.75, 3.05) is 6.26 Å². The van der Waals surface area contributed by atoms with Crippen LogP contribution in [0.25, 0.3) is 5.69 Å². The van der Waals surface area contributed by atoms with E-state index in [9.17, 15) is 8.42 Å². The Morgan fingerprint density at radius 1 is 1.27 bits per heavy atom. The molecule has 0 bridgehead atoms. The smallest absolute Gasteiger partial charge is 0.151 e. The fourth-order valence-electron chi connectivity index (χ4n) is 3.11. The van der Waals surface area contributed by atoms with Crippen LogP contribution in [0.15, 0.2) is 42.7 Å². The van der Waals surface area contributed by atoms with Crippen LogP contribution in [-0.4, -0.2) is 35.7 Å². The van der Waals surface area contributed by atoms with Gasteiger partial charge in [0.1, 0.15) is 0 Å². The fraction of sp³-hybridized carbons (Fsp3) is 0.438. The van der Waals surface area contributed by atoms with Crippen LogP contribution in [0.1, 0.15) is 24.8 Å². The Bertz CT molecular complexity index is 708. The summed E-state index contributed by atoms with van der Waals surface area (Å²) in [4.78, 5) is 0. The Balaban J connectivity index is 1.62. The van der Waals surface area contributed by atoms with E-state index in [0.717, 1.165) is 30.5 Å². The predicted molar refractivity (Wildman–Crippen MR) is 86.7 cm³/mol. The summed E-state index contributed by atoms with van der Waals surface area (Å²) in [5.74, 6) is 0. The third-order valence-electron chi connectivity index (χ3n) is 4.28. The van der Waals surface area contributed by atoms with Crippen molar-refractivity contribution >= 4 is 9.84 Å². The second-order valence-corrected chi connectivity index (χ2v) is 8.17. The van der Waals surface area contributed by atoms with Crippen molar-refractivity contribution in [2.45, 2.75) is 37.1 Å². The van der Waals surface area contributed by atoms with E-state index in [0.29, 0.717) is 6.54 Å². The average molecular weight is 319 g/mol. The molecule has 0 unspecified atom stereocenters. The van der Waals surface area contributed by atoms with Crippen molar-refractivity contribution in [1.82, 2.24) is 15.1 Å². The van der Waals surface area contributed by atoms with E-state index < -0.39 is 9.84 Å². The minimum Gasteiger partial charge on any atom is -0.309 e. The van der Waals surface area contributed by atoms with Crippen LogP contribution in [0, 0.1) is 0 Å². The topological polar surface area (TPSA) is 64.0 Å². The molecule has 1 N–H and O–H groups in total. The van der Waals surface area contributed by atoms with Gasteiger partial charge < -0.3 is 5.32 Å². The van der Waals surface area contributed by atoms with Gasteiger partial charge in [-0.05, 0) is 36.6 Å². The molecule has 118 valence electrons. The Kier molecular flexibility index (Phi) is 4.31. The van der Waals surface area contributed by atoms with E-state index in [1.165, 1.54) is 6.26 Å². The van der Waals surface area contributed by atoms with E-state index in [-0.39, 0.29) is 11.3 Å². The zero-order valence-electron chi connectivity index (χ0n) is 12.6. The highest BCUT2D eigenvalue weighted by Gasteiger charge is 2.34. The van der Waals surface area contributed by atoms with Gasteiger partial charge in [-0.2, -0.15) is 5.10 Å². The SMILES string of the molecule is CS(=O)(=O)[C@H]1CCC[C@H]1NCc1ccc(-n2cccn2)cc1. The van der Waals surface area contributed by atoms with Crippen LogP contribution >= 0.6 is 0 Å².